The molecule has 0 saturated carbocycles. The Bertz CT molecular complexity index is 515. The van der Waals surface area contributed by atoms with Gasteiger partial charge in [0.1, 0.15) is 0 Å². The molecule has 0 bridgehead atoms. The number of nitrogen functional groups attached to an aromatic ring is 2. The molecule has 0 aliphatic carbocycles. The Morgan fingerprint density at radius 2 is 1.56 bits per heavy atom. The number of benzene rings is 2. The number of rotatable bonds is 4. The van der Waals surface area contributed by atoms with Gasteiger partial charge in [-0.1, -0.05) is 37.6 Å². The lowest BCUT2D eigenvalue weighted by molar-refractivity contribution is 0.920. The average Bonchev–Trinajstić information content (AvgIpc) is 2.37. The van der Waals surface area contributed by atoms with E-state index in [2.05, 4.69) is 31.2 Å². The van der Waals surface area contributed by atoms with Crippen LogP contribution in [0.5, 0.6) is 0 Å². The minimum absolute atomic E-state index is 0.766. The van der Waals surface area contributed by atoms with E-state index in [1.54, 1.807) is 0 Å². The van der Waals surface area contributed by atoms with E-state index in [4.69, 9.17) is 11.5 Å². The lowest BCUT2D eigenvalue weighted by Crippen LogP contribution is -1.98. The van der Waals surface area contributed by atoms with Crippen molar-refractivity contribution < 1.29 is 0 Å². The molecular weight excluding hydrogens is 220 g/mol. The number of anilines is 2. The summed E-state index contributed by atoms with van der Waals surface area (Å²) in [7, 11) is 0. The first-order valence-corrected chi connectivity index (χ1v) is 6.40. The zero-order valence-corrected chi connectivity index (χ0v) is 10.8. The third-order valence-corrected chi connectivity index (χ3v) is 3.12. The van der Waals surface area contributed by atoms with E-state index in [1.807, 2.05) is 18.2 Å². The van der Waals surface area contributed by atoms with Gasteiger partial charge in [-0.2, -0.15) is 0 Å². The minimum atomic E-state index is 0.766. The Balaban J connectivity index is 2.15. The van der Waals surface area contributed by atoms with Crippen molar-refractivity contribution >= 4 is 11.4 Å². The fraction of sp³-hybridized carbons (Fsp3) is 0.250. The first kappa shape index (κ1) is 12.5. The smallest absolute Gasteiger partial charge is 0.0351 e. The Hall–Kier alpha value is -1.96. The molecule has 2 rings (SSSR count). The van der Waals surface area contributed by atoms with E-state index < -0.39 is 0 Å². The molecule has 0 aromatic heterocycles. The standard InChI is InChI=1S/C16H20N2/c1-2-3-12-4-6-13(7-5-12)10-14-11-15(17)8-9-16(14)18/h4-9,11H,2-3,10,17-18H2,1H3. The van der Waals surface area contributed by atoms with Crippen LogP contribution in [0.3, 0.4) is 0 Å². The third kappa shape index (κ3) is 3.04. The molecule has 2 nitrogen and oxygen atoms in total. The van der Waals surface area contributed by atoms with Crippen molar-refractivity contribution in [1.29, 1.82) is 0 Å². The van der Waals surface area contributed by atoms with E-state index in [0.29, 0.717) is 0 Å². The van der Waals surface area contributed by atoms with Crippen LogP contribution < -0.4 is 11.5 Å². The van der Waals surface area contributed by atoms with Gasteiger partial charge in [-0.3, -0.25) is 0 Å². The molecule has 0 atom stereocenters. The van der Waals surface area contributed by atoms with Gasteiger partial charge in [0.15, 0.2) is 0 Å². The molecule has 0 unspecified atom stereocenters. The van der Waals surface area contributed by atoms with Crippen LogP contribution in [0, 0.1) is 0 Å². The zero-order valence-electron chi connectivity index (χ0n) is 10.8. The highest BCUT2D eigenvalue weighted by Gasteiger charge is 2.02. The maximum absolute atomic E-state index is 5.96. The van der Waals surface area contributed by atoms with E-state index in [0.717, 1.165) is 29.8 Å². The van der Waals surface area contributed by atoms with Crippen LogP contribution in [-0.4, -0.2) is 0 Å². The van der Waals surface area contributed by atoms with Gasteiger partial charge in [-0.25, -0.2) is 0 Å². The summed E-state index contributed by atoms with van der Waals surface area (Å²) in [6.45, 7) is 2.20. The van der Waals surface area contributed by atoms with Crippen LogP contribution in [0.4, 0.5) is 11.4 Å². The molecule has 4 N–H and O–H groups in total. The minimum Gasteiger partial charge on any atom is -0.399 e. The number of hydrogen-bond donors (Lipinski definition) is 2. The molecule has 2 aromatic rings. The predicted molar refractivity (Wildman–Crippen MR) is 78.5 cm³/mol. The summed E-state index contributed by atoms with van der Waals surface area (Å²) < 4.78 is 0. The SMILES string of the molecule is CCCc1ccc(Cc2cc(N)ccc2N)cc1. The van der Waals surface area contributed by atoms with Crippen molar-refractivity contribution in [2.75, 3.05) is 11.5 Å². The van der Waals surface area contributed by atoms with Crippen LogP contribution in [0.25, 0.3) is 0 Å². The molecular formula is C16H20N2. The summed E-state index contributed by atoms with van der Waals surface area (Å²) in [5, 5.41) is 0. The highest BCUT2D eigenvalue weighted by molar-refractivity contribution is 5.56. The topological polar surface area (TPSA) is 52.0 Å². The molecule has 0 spiro atoms. The molecule has 18 heavy (non-hydrogen) atoms. The first-order valence-electron chi connectivity index (χ1n) is 6.40. The monoisotopic (exact) mass is 240 g/mol. The normalized spacial score (nSPS) is 10.5. The van der Waals surface area contributed by atoms with E-state index in [-0.39, 0.29) is 0 Å². The van der Waals surface area contributed by atoms with Crippen LogP contribution in [-0.2, 0) is 12.8 Å². The van der Waals surface area contributed by atoms with Gasteiger partial charge < -0.3 is 11.5 Å². The van der Waals surface area contributed by atoms with Crippen LogP contribution in [0.15, 0.2) is 42.5 Å². The van der Waals surface area contributed by atoms with Gasteiger partial charge in [0.05, 0.1) is 0 Å². The lowest BCUT2D eigenvalue weighted by atomic mass is 10.0. The van der Waals surface area contributed by atoms with E-state index >= 15 is 0 Å². The second kappa shape index (κ2) is 5.58. The van der Waals surface area contributed by atoms with Crippen LogP contribution in [0.2, 0.25) is 0 Å². The summed E-state index contributed by atoms with van der Waals surface area (Å²) in [4.78, 5) is 0. The lowest BCUT2D eigenvalue weighted by Gasteiger charge is -2.08. The molecule has 2 aromatic carbocycles. The van der Waals surface area contributed by atoms with Gasteiger partial charge in [0, 0.05) is 11.4 Å². The Morgan fingerprint density at radius 1 is 0.889 bits per heavy atom. The van der Waals surface area contributed by atoms with Gasteiger partial charge >= 0.3 is 0 Å². The second-order valence-electron chi connectivity index (χ2n) is 4.70. The van der Waals surface area contributed by atoms with Crippen molar-refractivity contribution in [3.63, 3.8) is 0 Å². The second-order valence-corrected chi connectivity index (χ2v) is 4.70. The molecule has 0 aliphatic rings. The quantitative estimate of drug-likeness (QED) is 0.805. The molecule has 2 heteroatoms. The fourth-order valence-electron chi connectivity index (χ4n) is 2.11. The largest absolute Gasteiger partial charge is 0.399 e. The summed E-state index contributed by atoms with van der Waals surface area (Å²) in [6, 6.07) is 14.4. The van der Waals surface area contributed by atoms with Gasteiger partial charge in [-0.05, 0) is 47.7 Å². The van der Waals surface area contributed by atoms with Crippen LogP contribution in [0.1, 0.15) is 30.0 Å². The highest BCUT2D eigenvalue weighted by atomic mass is 14.6. The highest BCUT2D eigenvalue weighted by Crippen LogP contribution is 2.19. The maximum atomic E-state index is 5.96. The van der Waals surface area contributed by atoms with Crippen molar-refractivity contribution in [3.05, 3.63) is 59.2 Å². The molecule has 0 aliphatic heterocycles. The summed E-state index contributed by atoms with van der Waals surface area (Å²) in [6.07, 6.45) is 3.16. The molecule has 94 valence electrons. The Kier molecular flexibility index (Phi) is 3.88. The van der Waals surface area contributed by atoms with Gasteiger partial charge in [0.25, 0.3) is 0 Å². The molecule has 0 saturated heterocycles. The van der Waals surface area contributed by atoms with Crippen molar-refractivity contribution in [2.45, 2.75) is 26.2 Å². The van der Waals surface area contributed by atoms with E-state index in [1.165, 1.54) is 17.5 Å². The van der Waals surface area contributed by atoms with Gasteiger partial charge in [0.2, 0.25) is 0 Å². The maximum Gasteiger partial charge on any atom is 0.0351 e. The van der Waals surface area contributed by atoms with Crippen molar-refractivity contribution in [1.82, 2.24) is 0 Å². The number of aryl methyl sites for hydroxylation is 1. The van der Waals surface area contributed by atoms with Crippen LogP contribution >= 0.6 is 0 Å². The first-order chi connectivity index (χ1) is 8.69. The summed E-state index contributed by atoms with van der Waals surface area (Å²) in [5.41, 5.74) is 17.1. The number of hydrogen-bond acceptors (Lipinski definition) is 2. The fourth-order valence-corrected chi connectivity index (χ4v) is 2.11. The Labute approximate surface area is 109 Å². The number of nitrogens with two attached hydrogens (primary N) is 2. The van der Waals surface area contributed by atoms with E-state index in [9.17, 15) is 0 Å². The predicted octanol–water partition coefficient (Wildman–Crippen LogP) is 3.39. The molecule has 0 amide bonds. The molecule has 0 heterocycles. The van der Waals surface area contributed by atoms with Gasteiger partial charge in [-0.15, -0.1) is 0 Å². The third-order valence-electron chi connectivity index (χ3n) is 3.12. The van der Waals surface area contributed by atoms with Crippen molar-refractivity contribution in [2.24, 2.45) is 0 Å². The molecule has 0 fully saturated rings. The Morgan fingerprint density at radius 3 is 2.22 bits per heavy atom. The zero-order chi connectivity index (χ0) is 13.0. The average molecular weight is 240 g/mol. The summed E-state index contributed by atoms with van der Waals surface area (Å²) in [5.74, 6) is 0. The molecule has 0 radical (unpaired) electrons. The summed E-state index contributed by atoms with van der Waals surface area (Å²) >= 11 is 0. The van der Waals surface area contributed by atoms with Crippen molar-refractivity contribution in [3.8, 4) is 0 Å².